The molecule has 5 heteroatoms. The van der Waals surface area contributed by atoms with Crippen LogP contribution in [0, 0.1) is 5.82 Å². The van der Waals surface area contributed by atoms with Crippen LogP contribution in [0.2, 0.25) is 0 Å². The number of nitrogens with zero attached hydrogens (tertiary/aromatic N) is 1. The highest BCUT2D eigenvalue weighted by molar-refractivity contribution is 5.20. The molecule has 1 aliphatic heterocycles. The van der Waals surface area contributed by atoms with E-state index in [1.165, 1.54) is 12.1 Å². The maximum Gasteiger partial charge on any atom is 0.123 e. The first-order valence-corrected chi connectivity index (χ1v) is 7.67. The van der Waals surface area contributed by atoms with Gasteiger partial charge in [-0.3, -0.25) is 4.90 Å². The van der Waals surface area contributed by atoms with Crippen molar-refractivity contribution in [1.29, 1.82) is 0 Å². The van der Waals surface area contributed by atoms with Crippen molar-refractivity contribution in [1.82, 2.24) is 10.2 Å². The average Bonchev–Trinajstić information content (AvgIpc) is 2.79. The largest absolute Gasteiger partial charge is 0.389 e. The zero-order chi connectivity index (χ0) is 15.2. The van der Waals surface area contributed by atoms with Crippen LogP contribution in [-0.2, 0) is 0 Å². The van der Waals surface area contributed by atoms with Crippen molar-refractivity contribution in [3.05, 3.63) is 35.6 Å². The fourth-order valence-corrected chi connectivity index (χ4v) is 2.74. The molecule has 1 aromatic carbocycles. The Hall–Kier alpha value is -1.01. The molecule has 0 aliphatic carbocycles. The molecule has 0 radical (unpaired) electrons. The van der Waals surface area contributed by atoms with E-state index in [0.29, 0.717) is 13.1 Å². The third-order valence-corrected chi connectivity index (χ3v) is 3.98. The van der Waals surface area contributed by atoms with Gasteiger partial charge in [0.25, 0.3) is 0 Å². The Bertz CT molecular complexity index is 417. The summed E-state index contributed by atoms with van der Waals surface area (Å²) in [6.07, 6.45) is 0.625. The first-order chi connectivity index (χ1) is 10.1. The fraction of sp³-hybridized carbons (Fsp3) is 0.625. The van der Waals surface area contributed by atoms with Crippen molar-refractivity contribution in [2.24, 2.45) is 0 Å². The molecule has 0 bridgehead atoms. The molecule has 118 valence electrons. The second-order valence-electron chi connectivity index (χ2n) is 5.74. The molecule has 0 saturated carbocycles. The Morgan fingerprint density at radius 3 is 2.43 bits per heavy atom. The monoisotopic (exact) mass is 296 g/mol. The zero-order valence-corrected chi connectivity index (χ0v) is 12.5. The van der Waals surface area contributed by atoms with Gasteiger partial charge in [-0.25, -0.2) is 4.39 Å². The SMILES string of the molecule is CCCNC(CCN1CC(O)C(O)C1)c1ccc(F)cc1. The van der Waals surface area contributed by atoms with E-state index in [2.05, 4.69) is 17.1 Å². The third-order valence-electron chi connectivity index (χ3n) is 3.98. The first-order valence-electron chi connectivity index (χ1n) is 7.67. The quantitative estimate of drug-likeness (QED) is 0.710. The number of aliphatic hydroxyl groups excluding tert-OH is 2. The molecule has 3 atom stereocenters. The number of likely N-dealkylation sites (tertiary alicyclic amines) is 1. The smallest absolute Gasteiger partial charge is 0.123 e. The summed E-state index contributed by atoms with van der Waals surface area (Å²) in [5.74, 6) is -0.223. The van der Waals surface area contributed by atoms with Crippen LogP contribution >= 0.6 is 0 Å². The fourth-order valence-electron chi connectivity index (χ4n) is 2.74. The second kappa shape index (κ2) is 7.84. The van der Waals surface area contributed by atoms with Crippen LogP contribution in [0.3, 0.4) is 0 Å². The summed E-state index contributed by atoms with van der Waals surface area (Å²) in [6, 6.07) is 6.77. The van der Waals surface area contributed by atoms with E-state index in [9.17, 15) is 14.6 Å². The van der Waals surface area contributed by atoms with E-state index in [1.807, 2.05) is 12.1 Å². The van der Waals surface area contributed by atoms with Gasteiger partial charge in [-0.1, -0.05) is 19.1 Å². The number of hydrogen-bond acceptors (Lipinski definition) is 4. The summed E-state index contributed by atoms with van der Waals surface area (Å²) in [4.78, 5) is 2.07. The van der Waals surface area contributed by atoms with Gasteiger partial charge in [0.2, 0.25) is 0 Å². The van der Waals surface area contributed by atoms with Crippen LogP contribution in [0.25, 0.3) is 0 Å². The van der Waals surface area contributed by atoms with E-state index in [0.717, 1.165) is 31.5 Å². The molecule has 1 heterocycles. The molecular formula is C16H25FN2O2. The number of benzene rings is 1. The molecule has 1 saturated heterocycles. The van der Waals surface area contributed by atoms with E-state index in [1.54, 1.807) is 0 Å². The Morgan fingerprint density at radius 1 is 1.24 bits per heavy atom. The number of nitrogens with one attached hydrogen (secondary N) is 1. The topological polar surface area (TPSA) is 55.7 Å². The normalized spacial score (nSPS) is 24.4. The Balaban J connectivity index is 1.92. The van der Waals surface area contributed by atoms with E-state index < -0.39 is 12.2 Å². The Kier molecular flexibility index (Phi) is 6.11. The minimum absolute atomic E-state index is 0.167. The molecule has 0 spiro atoms. The lowest BCUT2D eigenvalue weighted by Gasteiger charge is -2.22. The van der Waals surface area contributed by atoms with Crippen LogP contribution in [0.15, 0.2) is 24.3 Å². The van der Waals surface area contributed by atoms with Crippen LogP contribution in [0.5, 0.6) is 0 Å². The van der Waals surface area contributed by atoms with Crippen LogP contribution in [-0.4, -0.2) is 53.5 Å². The van der Waals surface area contributed by atoms with Gasteiger partial charge < -0.3 is 15.5 Å². The average molecular weight is 296 g/mol. The third kappa shape index (κ3) is 4.74. The molecular weight excluding hydrogens is 271 g/mol. The Labute approximate surface area is 125 Å². The predicted octanol–water partition coefficient (Wildman–Crippen LogP) is 1.29. The Morgan fingerprint density at radius 2 is 1.86 bits per heavy atom. The van der Waals surface area contributed by atoms with Gasteiger partial charge in [0.1, 0.15) is 5.82 Å². The zero-order valence-electron chi connectivity index (χ0n) is 12.5. The van der Waals surface area contributed by atoms with E-state index >= 15 is 0 Å². The number of β-amino-alcohol motifs (C(OH)–C–C–N with tert-alkyl or cyclic N) is 2. The van der Waals surface area contributed by atoms with Crippen molar-refractivity contribution in [2.45, 2.75) is 38.0 Å². The van der Waals surface area contributed by atoms with Crippen LogP contribution in [0.1, 0.15) is 31.4 Å². The molecule has 1 fully saturated rings. The van der Waals surface area contributed by atoms with Crippen LogP contribution in [0.4, 0.5) is 4.39 Å². The number of aliphatic hydroxyl groups is 2. The maximum atomic E-state index is 13.0. The minimum atomic E-state index is -0.641. The minimum Gasteiger partial charge on any atom is -0.389 e. The van der Waals surface area contributed by atoms with Crippen molar-refractivity contribution in [2.75, 3.05) is 26.2 Å². The van der Waals surface area contributed by atoms with Gasteiger partial charge in [-0.15, -0.1) is 0 Å². The highest BCUT2D eigenvalue weighted by atomic mass is 19.1. The van der Waals surface area contributed by atoms with Crippen molar-refractivity contribution >= 4 is 0 Å². The van der Waals surface area contributed by atoms with Crippen LogP contribution < -0.4 is 5.32 Å². The molecule has 1 aromatic rings. The van der Waals surface area contributed by atoms with Crippen molar-refractivity contribution < 1.29 is 14.6 Å². The van der Waals surface area contributed by atoms with Gasteiger partial charge in [0.05, 0.1) is 12.2 Å². The maximum absolute atomic E-state index is 13.0. The molecule has 3 unspecified atom stereocenters. The lowest BCUT2D eigenvalue weighted by atomic mass is 10.0. The second-order valence-corrected chi connectivity index (χ2v) is 5.74. The standard InChI is InChI=1S/C16H25FN2O2/c1-2-8-18-14(12-3-5-13(17)6-4-12)7-9-19-10-15(20)16(21)11-19/h3-6,14-16,18,20-21H,2,7-11H2,1H3. The molecule has 21 heavy (non-hydrogen) atoms. The van der Waals surface area contributed by atoms with Gasteiger partial charge in [0.15, 0.2) is 0 Å². The van der Waals surface area contributed by atoms with Gasteiger partial charge in [-0.2, -0.15) is 0 Å². The highest BCUT2D eigenvalue weighted by Gasteiger charge is 2.29. The first kappa shape index (κ1) is 16.4. The molecule has 3 N–H and O–H groups in total. The molecule has 4 nitrogen and oxygen atoms in total. The highest BCUT2D eigenvalue weighted by Crippen LogP contribution is 2.19. The van der Waals surface area contributed by atoms with E-state index in [4.69, 9.17) is 0 Å². The number of rotatable bonds is 7. The summed E-state index contributed by atoms with van der Waals surface area (Å²) < 4.78 is 13.0. The van der Waals surface area contributed by atoms with Gasteiger partial charge >= 0.3 is 0 Å². The summed E-state index contributed by atoms with van der Waals surface area (Å²) in [6.45, 7) is 4.86. The van der Waals surface area contributed by atoms with Crippen molar-refractivity contribution in [3.8, 4) is 0 Å². The van der Waals surface area contributed by atoms with E-state index in [-0.39, 0.29) is 11.9 Å². The molecule has 1 aliphatic rings. The molecule has 0 aromatic heterocycles. The summed E-state index contributed by atoms with van der Waals surface area (Å²) in [7, 11) is 0. The number of halogens is 1. The summed E-state index contributed by atoms with van der Waals surface area (Å²) in [5, 5.41) is 22.6. The molecule has 2 rings (SSSR count). The summed E-state index contributed by atoms with van der Waals surface area (Å²) >= 11 is 0. The molecule has 0 amide bonds. The predicted molar refractivity (Wildman–Crippen MR) is 80.5 cm³/mol. The summed E-state index contributed by atoms with van der Waals surface area (Å²) in [5.41, 5.74) is 1.07. The lowest BCUT2D eigenvalue weighted by Crippen LogP contribution is -2.29. The van der Waals surface area contributed by atoms with Gasteiger partial charge in [0, 0.05) is 25.7 Å². The number of hydrogen-bond donors (Lipinski definition) is 3. The van der Waals surface area contributed by atoms with Gasteiger partial charge in [-0.05, 0) is 37.1 Å². The van der Waals surface area contributed by atoms with Crippen molar-refractivity contribution in [3.63, 3.8) is 0 Å². The lowest BCUT2D eigenvalue weighted by molar-refractivity contribution is 0.0572.